The molecule has 4 aromatic rings. The lowest BCUT2D eigenvalue weighted by Crippen LogP contribution is -2.23. The van der Waals surface area contributed by atoms with Gasteiger partial charge in [0.2, 0.25) is 5.91 Å². The number of thioether (sulfide) groups is 1. The highest BCUT2D eigenvalue weighted by Gasteiger charge is 2.23. The van der Waals surface area contributed by atoms with Gasteiger partial charge in [0.05, 0.1) is 23.9 Å². The summed E-state index contributed by atoms with van der Waals surface area (Å²) in [6.07, 6.45) is 4.15. The topological polar surface area (TPSA) is 73.2 Å². The van der Waals surface area contributed by atoms with Crippen molar-refractivity contribution >= 4 is 44.9 Å². The smallest absolute Gasteiger partial charge is 0.267 e. The lowest BCUT2D eigenvalue weighted by molar-refractivity contribution is -0.113. The summed E-state index contributed by atoms with van der Waals surface area (Å²) in [7, 11) is 1.61. The SMILES string of the molecule is COc1ccc(-n2c(SCC(=O)Nc3cccc(C)c3C)nc3sc4c(c3c2=O)CCCC4)cc1. The van der Waals surface area contributed by atoms with Crippen LogP contribution in [0, 0.1) is 13.8 Å². The summed E-state index contributed by atoms with van der Waals surface area (Å²) in [5.74, 6) is 0.725. The number of methoxy groups -OCH3 is 1. The Hall–Kier alpha value is -3.10. The Labute approximate surface area is 212 Å². The van der Waals surface area contributed by atoms with E-state index in [1.165, 1.54) is 16.6 Å². The van der Waals surface area contributed by atoms with Crippen LogP contribution in [-0.2, 0) is 17.6 Å². The maximum Gasteiger partial charge on any atom is 0.267 e. The van der Waals surface area contributed by atoms with E-state index in [1.54, 1.807) is 23.0 Å². The summed E-state index contributed by atoms with van der Waals surface area (Å²) in [5, 5.41) is 4.24. The third-order valence-electron chi connectivity index (χ3n) is 6.50. The van der Waals surface area contributed by atoms with Crippen molar-refractivity contribution in [3.63, 3.8) is 0 Å². The number of nitrogens with zero attached hydrogens (tertiary/aromatic N) is 2. The number of aromatic nitrogens is 2. The number of amides is 1. The van der Waals surface area contributed by atoms with E-state index >= 15 is 0 Å². The average Bonchev–Trinajstić information content (AvgIpc) is 3.24. The highest BCUT2D eigenvalue weighted by molar-refractivity contribution is 7.99. The molecule has 0 fully saturated rings. The molecular weight excluding hydrogens is 478 g/mol. The van der Waals surface area contributed by atoms with Crippen LogP contribution in [-0.4, -0.2) is 28.3 Å². The molecule has 180 valence electrons. The molecule has 0 saturated carbocycles. The lowest BCUT2D eigenvalue weighted by atomic mass is 9.97. The quantitative estimate of drug-likeness (QED) is 0.270. The third kappa shape index (κ3) is 4.60. The van der Waals surface area contributed by atoms with Gasteiger partial charge >= 0.3 is 0 Å². The first-order valence-corrected chi connectivity index (χ1v) is 13.5. The summed E-state index contributed by atoms with van der Waals surface area (Å²) in [4.78, 5) is 33.6. The second-order valence-electron chi connectivity index (χ2n) is 8.71. The predicted octanol–water partition coefficient (Wildman–Crippen LogP) is 5.68. The Bertz CT molecular complexity index is 1470. The average molecular weight is 506 g/mol. The summed E-state index contributed by atoms with van der Waals surface area (Å²) in [6, 6.07) is 13.2. The Morgan fingerprint density at radius 2 is 1.91 bits per heavy atom. The minimum Gasteiger partial charge on any atom is -0.497 e. The van der Waals surface area contributed by atoms with Crippen molar-refractivity contribution in [2.75, 3.05) is 18.2 Å². The molecule has 0 aliphatic heterocycles. The fourth-order valence-corrected chi connectivity index (χ4v) is 6.56. The molecule has 0 spiro atoms. The number of hydrogen-bond acceptors (Lipinski definition) is 6. The maximum atomic E-state index is 13.8. The fourth-order valence-electron chi connectivity index (χ4n) is 4.45. The molecule has 1 aliphatic rings. The third-order valence-corrected chi connectivity index (χ3v) is 8.62. The second kappa shape index (κ2) is 9.87. The largest absolute Gasteiger partial charge is 0.497 e. The van der Waals surface area contributed by atoms with Gasteiger partial charge in [0.1, 0.15) is 10.6 Å². The van der Waals surface area contributed by atoms with Gasteiger partial charge in [-0.25, -0.2) is 4.98 Å². The van der Waals surface area contributed by atoms with Crippen LogP contribution in [0.3, 0.4) is 0 Å². The molecule has 2 aromatic carbocycles. The molecule has 8 heteroatoms. The first kappa shape index (κ1) is 23.6. The van der Waals surface area contributed by atoms with Crippen LogP contribution >= 0.6 is 23.1 Å². The number of benzene rings is 2. The molecule has 0 bridgehead atoms. The number of carbonyl (C=O) groups is 1. The van der Waals surface area contributed by atoms with E-state index in [0.29, 0.717) is 16.6 Å². The van der Waals surface area contributed by atoms with Gasteiger partial charge in [-0.05, 0) is 86.6 Å². The number of fused-ring (bicyclic) bond motifs is 3. The second-order valence-corrected chi connectivity index (χ2v) is 10.7. The molecule has 0 saturated heterocycles. The molecule has 0 unspecified atom stereocenters. The van der Waals surface area contributed by atoms with Crippen LogP contribution in [0.1, 0.15) is 34.4 Å². The van der Waals surface area contributed by atoms with E-state index in [4.69, 9.17) is 9.72 Å². The molecule has 2 aromatic heterocycles. The van der Waals surface area contributed by atoms with Gasteiger partial charge in [0, 0.05) is 10.6 Å². The van der Waals surface area contributed by atoms with Gasteiger partial charge in [0.25, 0.3) is 5.56 Å². The van der Waals surface area contributed by atoms with Crippen molar-refractivity contribution in [1.82, 2.24) is 9.55 Å². The zero-order chi connectivity index (χ0) is 24.5. The number of hydrogen-bond donors (Lipinski definition) is 1. The van der Waals surface area contributed by atoms with E-state index in [0.717, 1.165) is 58.3 Å². The lowest BCUT2D eigenvalue weighted by Gasteiger charge is -2.14. The van der Waals surface area contributed by atoms with Gasteiger partial charge in [0.15, 0.2) is 5.16 Å². The molecule has 2 heterocycles. The van der Waals surface area contributed by atoms with Gasteiger partial charge in [-0.3, -0.25) is 14.2 Å². The Kier molecular flexibility index (Phi) is 6.67. The minimum atomic E-state index is -0.134. The zero-order valence-electron chi connectivity index (χ0n) is 20.0. The number of ether oxygens (including phenoxy) is 1. The number of anilines is 1. The van der Waals surface area contributed by atoms with E-state index in [-0.39, 0.29) is 17.2 Å². The van der Waals surface area contributed by atoms with E-state index < -0.39 is 0 Å². The van der Waals surface area contributed by atoms with Gasteiger partial charge in [-0.1, -0.05) is 23.9 Å². The number of nitrogens with one attached hydrogen (secondary N) is 1. The van der Waals surface area contributed by atoms with Crippen molar-refractivity contribution in [2.45, 2.75) is 44.7 Å². The molecule has 35 heavy (non-hydrogen) atoms. The monoisotopic (exact) mass is 505 g/mol. The molecule has 0 radical (unpaired) electrons. The minimum absolute atomic E-state index is 0.0722. The summed E-state index contributed by atoms with van der Waals surface area (Å²) >= 11 is 2.90. The molecular formula is C27H27N3O3S2. The van der Waals surface area contributed by atoms with Crippen LogP contribution in [0.4, 0.5) is 5.69 Å². The Morgan fingerprint density at radius 1 is 1.14 bits per heavy atom. The molecule has 6 nitrogen and oxygen atoms in total. The summed E-state index contributed by atoms with van der Waals surface area (Å²) in [6.45, 7) is 4.01. The Morgan fingerprint density at radius 3 is 2.69 bits per heavy atom. The van der Waals surface area contributed by atoms with Crippen LogP contribution in [0.25, 0.3) is 15.9 Å². The Balaban J connectivity index is 1.52. The van der Waals surface area contributed by atoms with Crippen molar-refractivity contribution in [2.24, 2.45) is 0 Å². The first-order chi connectivity index (χ1) is 17.0. The molecule has 1 N–H and O–H groups in total. The number of thiophene rings is 1. The first-order valence-electron chi connectivity index (χ1n) is 11.7. The normalized spacial score (nSPS) is 13.0. The van der Waals surface area contributed by atoms with E-state index in [1.807, 2.05) is 56.3 Å². The van der Waals surface area contributed by atoms with Crippen molar-refractivity contribution in [3.05, 3.63) is 74.4 Å². The summed E-state index contributed by atoms with van der Waals surface area (Å²) < 4.78 is 6.93. The van der Waals surface area contributed by atoms with Crippen molar-refractivity contribution in [3.8, 4) is 11.4 Å². The number of carbonyl (C=O) groups excluding carboxylic acids is 1. The van der Waals surface area contributed by atoms with Gasteiger partial charge in [-0.2, -0.15) is 0 Å². The highest BCUT2D eigenvalue weighted by Crippen LogP contribution is 2.35. The highest BCUT2D eigenvalue weighted by atomic mass is 32.2. The summed E-state index contributed by atoms with van der Waals surface area (Å²) in [5.41, 5.74) is 4.76. The molecule has 0 atom stereocenters. The predicted molar refractivity (Wildman–Crippen MR) is 144 cm³/mol. The maximum absolute atomic E-state index is 13.8. The van der Waals surface area contributed by atoms with E-state index in [2.05, 4.69) is 5.32 Å². The van der Waals surface area contributed by atoms with Gasteiger partial charge in [-0.15, -0.1) is 11.3 Å². The van der Waals surface area contributed by atoms with E-state index in [9.17, 15) is 9.59 Å². The fraction of sp³-hybridized carbons (Fsp3) is 0.296. The molecule has 5 rings (SSSR count). The van der Waals surface area contributed by atoms with Crippen LogP contribution < -0.4 is 15.6 Å². The van der Waals surface area contributed by atoms with Crippen molar-refractivity contribution < 1.29 is 9.53 Å². The van der Waals surface area contributed by atoms with Crippen LogP contribution in [0.2, 0.25) is 0 Å². The van der Waals surface area contributed by atoms with Crippen LogP contribution in [0.5, 0.6) is 5.75 Å². The molecule has 1 amide bonds. The molecule has 1 aliphatic carbocycles. The standard InChI is InChI=1S/C27H27N3O3S2/c1-16-7-6-9-21(17(16)2)28-23(31)15-34-27-29-25-24(20-8-4-5-10-22(20)35-25)26(32)30(27)18-11-13-19(33-3)14-12-18/h6-7,9,11-14H,4-5,8,10,15H2,1-3H3,(H,28,31). The number of rotatable bonds is 6. The number of aryl methyl sites for hydroxylation is 3. The van der Waals surface area contributed by atoms with Gasteiger partial charge < -0.3 is 10.1 Å². The van der Waals surface area contributed by atoms with Crippen LogP contribution in [0.15, 0.2) is 52.4 Å². The van der Waals surface area contributed by atoms with Crippen molar-refractivity contribution in [1.29, 1.82) is 0 Å². The zero-order valence-corrected chi connectivity index (χ0v) is 21.6.